The molecule has 0 aromatic rings. The molecule has 0 bridgehead atoms. The van der Waals surface area contributed by atoms with Gasteiger partial charge in [0.25, 0.3) is 0 Å². The van der Waals surface area contributed by atoms with Crippen LogP contribution in [0.15, 0.2) is 0 Å². The first-order valence-corrected chi connectivity index (χ1v) is 8.07. The molecular formula is C15H29N3O2. The third kappa shape index (κ3) is 5.77. The van der Waals surface area contributed by atoms with Crippen LogP contribution < -0.4 is 5.32 Å². The van der Waals surface area contributed by atoms with Gasteiger partial charge in [0, 0.05) is 32.6 Å². The number of likely N-dealkylation sites (tertiary alicyclic amines) is 1. The van der Waals surface area contributed by atoms with E-state index in [9.17, 15) is 4.79 Å². The number of nitrogens with zero attached hydrogens (tertiary/aromatic N) is 2. The SMILES string of the molecule is CN1CCC[C@@H](CCNC(=O)CCN2CCCCO2)C1. The molecule has 5 heteroatoms. The van der Waals surface area contributed by atoms with E-state index < -0.39 is 0 Å². The number of hydrogen-bond donors (Lipinski definition) is 1. The third-order valence-corrected chi connectivity index (χ3v) is 4.26. The van der Waals surface area contributed by atoms with Crippen LogP contribution in [0.5, 0.6) is 0 Å². The lowest BCUT2D eigenvalue weighted by Crippen LogP contribution is -2.36. The molecule has 2 fully saturated rings. The van der Waals surface area contributed by atoms with Crippen LogP contribution in [0.3, 0.4) is 0 Å². The second kappa shape index (κ2) is 8.60. The van der Waals surface area contributed by atoms with E-state index in [-0.39, 0.29) is 5.91 Å². The minimum Gasteiger partial charge on any atom is -0.356 e. The van der Waals surface area contributed by atoms with Gasteiger partial charge in [-0.25, -0.2) is 0 Å². The summed E-state index contributed by atoms with van der Waals surface area (Å²) in [6.07, 6.45) is 6.57. The number of hydrogen-bond acceptors (Lipinski definition) is 4. The molecule has 0 aromatic carbocycles. The van der Waals surface area contributed by atoms with Crippen LogP contribution in [0, 0.1) is 5.92 Å². The number of rotatable bonds is 6. The van der Waals surface area contributed by atoms with Crippen molar-refractivity contribution in [2.24, 2.45) is 5.92 Å². The van der Waals surface area contributed by atoms with E-state index in [0.29, 0.717) is 6.42 Å². The fraction of sp³-hybridized carbons (Fsp3) is 0.933. The van der Waals surface area contributed by atoms with Crippen LogP contribution in [0.4, 0.5) is 0 Å². The molecule has 2 rings (SSSR count). The van der Waals surface area contributed by atoms with E-state index in [1.807, 2.05) is 5.06 Å². The van der Waals surface area contributed by atoms with E-state index in [0.717, 1.165) is 45.0 Å². The first kappa shape index (κ1) is 15.7. The number of nitrogens with one attached hydrogen (secondary N) is 1. The van der Waals surface area contributed by atoms with Crippen molar-refractivity contribution in [3.63, 3.8) is 0 Å². The Morgan fingerprint density at radius 3 is 2.95 bits per heavy atom. The van der Waals surface area contributed by atoms with Crippen molar-refractivity contribution >= 4 is 5.91 Å². The Balaban J connectivity index is 1.51. The standard InChI is InChI=1S/C15H29N3O2/c1-17-9-4-5-14(13-17)6-8-16-15(19)7-11-18-10-2-3-12-20-18/h14H,2-13H2,1H3,(H,16,19)/t14-/m0/s1. The van der Waals surface area contributed by atoms with E-state index >= 15 is 0 Å². The minimum atomic E-state index is 0.156. The van der Waals surface area contributed by atoms with Gasteiger partial charge < -0.3 is 10.2 Å². The molecule has 2 saturated heterocycles. The molecule has 0 radical (unpaired) electrons. The van der Waals surface area contributed by atoms with Crippen molar-refractivity contribution in [2.45, 2.75) is 38.5 Å². The molecule has 0 aliphatic carbocycles. The molecule has 0 spiro atoms. The van der Waals surface area contributed by atoms with Crippen molar-refractivity contribution in [2.75, 3.05) is 46.4 Å². The zero-order valence-electron chi connectivity index (χ0n) is 12.8. The van der Waals surface area contributed by atoms with Crippen LogP contribution >= 0.6 is 0 Å². The third-order valence-electron chi connectivity index (χ3n) is 4.26. The fourth-order valence-electron chi connectivity index (χ4n) is 3.06. The van der Waals surface area contributed by atoms with Gasteiger partial charge in [-0.15, -0.1) is 0 Å². The van der Waals surface area contributed by atoms with Gasteiger partial charge in [0.1, 0.15) is 0 Å². The zero-order valence-corrected chi connectivity index (χ0v) is 12.8. The number of piperidine rings is 1. The van der Waals surface area contributed by atoms with Gasteiger partial charge in [-0.05, 0) is 51.6 Å². The summed E-state index contributed by atoms with van der Waals surface area (Å²) in [5, 5.41) is 4.97. The second-order valence-corrected chi connectivity index (χ2v) is 6.13. The largest absolute Gasteiger partial charge is 0.356 e. The first-order valence-electron chi connectivity index (χ1n) is 8.07. The van der Waals surface area contributed by atoms with Gasteiger partial charge >= 0.3 is 0 Å². The summed E-state index contributed by atoms with van der Waals surface area (Å²) in [7, 11) is 2.18. The Morgan fingerprint density at radius 2 is 2.20 bits per heavy atom. The van der Waals surface area contributed by atoms with Gasteiger partial charge in [0.15, 0.2) is 0 Å². The highest BCUT2D eigenvalue weighted by atomic mass is 16.7. The van der Waals surface area contributed by atoms with Gasteiger partial charge in [0.05, 0.1) is 6.61 Å². The summed E-state index contributed by atoms with van der Waals surface area (Å²) >= 11 is 0. The maximum atomic E-state index is 11.8. The van der Waals surface area contributed by atoms with Gasteiger partial charge in [-0.3, -0.25) is 9.63 Å². The van der Waals surface area contributed by atoms with Crippen molar-refractivity contribution in [1.29, 1.82) is 0 Å². The van der Waals surface area contributed by atoms with Crippen molar-refractivity contribution in [3.05, 3.63) is 0 Å². The average molecular weight is 283 g/mol. The first-order chi connectivity index (χ1) is 9.74. The number of carbonyl (C=O) groups is 1. The van der Waals surface area contributed by atoms with E-state index in [2.05, 4.69) is 17.3 Å². The quantitative estimate of drug-likeness (QED) is 0.797. The predicted octanol–water partition coefficient (Wildman–Crippen LogP) is 1.25. The second-order valence-electron chi connectivity index (χ2n) is 6.13. The summed E-state index contributed by atoms with van der Waals surface area (Å²) in [6.45, 7) is 5.70. The molecule has 20 heavy (non-hydrogen) atoms. The lowest BCUT2D eigenvalue weighted by molar-refractivity contribution is -0.181. The maximum Gasteiger partial charge on any atom is 0.221 e. The highest BCUT2D eigenvalue weighted by Gasteiger charge is 2.17. The highest BCUT2D eigenvalue weighted by Crippen LogP contribution is 2.17. The normalized spacial score (nSPS) is 25.6. The fourth-order valence-corrected chi connectivity index (χ4v) is 3.06. The predicted molar refractivity (Wildman–Crippen MR) is 79.2 cm³/mol. The van der Waals surface area contributed by atoms with Crippen LogP contribution in [0.1, 0.15) is 38.5 Å². The van der Waals surface area contributed by atoms with Gasteiger partial charge in [-0.1, -0.05) is 0 Å². The Labute approximate surface area is 122 Å². The minimum absolute atomic E-state index is 0.156. The van der Waals surface area contributed by atoms with E-state index in [1.54, 1.807) is 0 Å². The molecule has 0 unspecified atom stereocenters. The Hall–Kier alpha value is -0.650. The molecule has 0 saturated carbocycles. The Kier molecular flexibility index (Phi) is 6.76. The molecule has 2 aliphatic heterocycles. The molecule has 1 N–H and O–H groups in total. The monoisotopic (exact) mass is 283 g/mol. The number of hydroxylamine groups is 2. The molecule has 1 amide bonds. The molecule has 1 atom stereocenters. The molecule has 116 valence electrons. The summed E-state index contributed by atoms with van der Waals surface area (Å²) in [5.74, 6) is 0.905. The number of amides is 1. The topological polar surface area (TPSA) is 44.8 Å². The summed E-state index contributed by atoms with van der Waals surface area (Å²) in [6, 6.07) is 0. The van der Waals surface area contributed by atoms with Crippen LogP contribution in [-0.2, 0) is 9.63 Å². The lowest BCUT2D eigenvalue weighted by Gasteiger charge is -2.29. The molecule has 5 nitrogen and oxygen atoms in total. The Bertz CT molecular complexity index is 293. The molecule has 2 aliphatic rings. The van der Waals surface area contributed by atoms with Crippen LogP contribution in [-0.4, -0.2) is 62.2 Å². The average Bonchev–Trinajstić information content (AvgIpc) is 2.46. The van der Waals surface area contributed by atoms with Crippen LogP contribution in [0.25, 0.3) is 0 Å². The summed E-state index contributed by atoms with van der Waals surface area (Å²) < 4.78 is 0. The van der Waals surface area contributed by atoms with Gasteiger partial charge in [0.2, 0.25) is 5.91 Å². The van der Waals surface area contributed by atoms with Crippen molar-refractivity contribution in [3.8, 4) is 0 Å². The summed E-state index contributed by atoms with van der Waals surface area (Å²) in [4.78, 5) is 19.7. The van der Waals surface area contributed by atoms with E-state index in [1.165, 1.54) is 32.4 Å². The van der Waals surface area contributed by atoms with Gasteiger partial charge in [-0.2, -0.15) is 5.06 Å². The van der Waals surface area contributed by atoms with Crippen molar-refractivity contribution < 1.29 is 9.63 Å². The zero-order chi connectivity index (χ0) is 14.2. The lowest BCUT2D eigenvalue weighted by atomic mass is 9.95. The molecule has 0 aromatic heterocycles. The van der Waals surface area contributed by atoms with Crippen LogP contribution in [0.2, 0.25) is 0 Å². The highest BCUT2D eigenvalue weighted by molar-refractivity contribution is 5.75. The van der Waals surface area contributed by atoms with E-state index in [4.69, 9.17) is 4.84 Å². The number of carbonyl (C=O) groups excluding carboxylic acids is 1. The maximum absolute atomic E-state index is 11.8. The summed E-state index contributed by atoms with van der Waals surface area (Å²) in [5.41, 5.74) is 0. The molecular weight excluding hydrogens is 254 g/mol. The smallest absolute Gasteiger partial charge is 0.221 e. The van der Waals surface area contributed by atoms with Crippen molar-refractivity contribution in [1.82, 2.24) is 15.3 Å². The molecule has 2 heterocycles. The Morgan fingerprint density at radius 1 is 1.30 bits per heavy atom.